The molecule has 3 heteroatoms. The number of benzene rings is 2. The maximum atomic E-state index is 5.56. The van der Waals surface area contributed by atoms with Crippen molar-refractivity contribution in [1.82, 2.24) is 0 Å². The molecule has 0 bridgehead atoms. The van der Waals surface area contributed by atoms with Crippen molar-refractivity contribution in [2.24, 2.45) is 0 Å². The minimum Gasteiger partial charge on any atom is -0.0843 e. The van der Waals surface area contributed by atoms with Crippen molar-refractivity contribution in [2.45, 2.75) is 0 Å². The predicted molar refractivity (Wildman–Crippen MR) is 70.6 cm³/mol. The van der Waals surface area contributed by atoms with Gasteiger partial charge in [-0.2, -0.15) is 0 Å². The molecule has 0 aromatic heterocycles. The van der Waals surface area contributed by atoms with Crippen LogP contribution in [-0.4, -0.2) is 0 Å². The summed E-state index contributed by atoms with van der Waals surface area (Å²) in [5.74, 6) is 0. The van der Waals surface area contributed by atoms with Gasteiger partial charge < -0.3 is 0 Å². The highest BCUT2D eigenvalue weighted by Crippen LogP contribution is 2.14. The van der Waals surface area contributed by atoms with Crippen LogP contribution in [0.1, 0.15) is 0 Å². The molecule has 0 fully saturated rings. The molecule has 2 rings (SSSR count). The van der Waals surface area contributed by atoms with Crippen molar-refractivity contribution in [3.63, 3.8) is 0 Å². The molecule has 15 heavy (non-hydrogen) atoms. The van der Waals surface area contributed by atoms with Gasteiger partial charge in [-0.3, -0.25) is 0 Å². The van der Waals surface area contributed by atoms with Crippen LogP contribution < -0.4 is 0 Å². The lowest BCUT2D eigenvalue weighted by molar-refractivity contribution is 1.66. The first-order chi connectivity index (χ1) is 7.18. The van der Waals surface area contributed by atoms with Gasteiger partial charge in [0.25, 0.3) is 0 Å². The van der Waals surface area contributed by atoms with E-state index in [0.29, 0.717) is 10.0 Å². The van der Waals surface area contributed by atoms with Crippen molar-refractivity contribution in [2.75, 3.05) is 0 Å². The van der Waals surface area contributed by atoms with Gasteiger partial charge in [-0.1, -0.05) is 63.4 Å². The lowest BCUT2D eigenvalue weighted by atomic mass is 10.4. The Balaban J connectivity index is 0.000000151. The average Bonchev–Trinajstić information content (AvgIpc) is 2.19. The van der Waals surface area contributed by atoms with Crippen LogP contribution in [0.2, 0.25) is 10.0 Å². The molecule has 2 aromatic rings. The molecule has 78 valence electrons. The predicted octanol–water partition coefficient (Wildman–Crippen LogP) is 5.44. The van der Waals surface area contributed by atoms with Gasteiger partial charge in [0, 0.05) is 14.5 Å². The second-order valence-corrected chi connectivity index (χ2v) is 4.52. The molecule has 0 amide bonds. The summed E-state index contributed by atoms with van der Waals surface area (Å²) in [6, 6.07) is 17.0. The van der Waals surface area contributed by atoms with Crippen molar-refractivity contribution >= 4 is 39.1 Å². The normalized spacial score (nSPS) is 9.00. The molecule has 0 atom stereocenters. The van der Waals surface area contributed by atoms with Crippen LogP contribution in [0.15, 0.2) is 59.1 Å². The smallest absolute Gasteiger partial charge is 0.0420 e. The first-order valence-electron chi connectivity index (χ1n) is 4.30. The van der Waals surface area contributed by atoms with Crippen molar-refractivity contribution in [3.05, 3.63) is 69.1 Å². The Labute approximate surface area is 108 Å². The highest BCUT2D eigenvalue weighted by molar-refractivity contribution is 9.10. The molecule has 0 aliphatic carbocycles. The summed E-state index contributed by atoms with van der Waals surface area (Å²) in [4.78, 5) is 0. The Hall–Kier alpha value is -0.500. The summed E-state index contributed by atoms with van der Waals surface area (Å²) in [7, 11) is 0. The van der Waals surface area contributed by atoms with E-state index in [9.17, 15) is 0 Å². The molecule has 0 unspecified atom stereocenters. The third-order valence-corrected chi connectivity index (χ3v) is 2.52. The first kappa shape index (κ1) is 12.6. The quantitative estimate of drug-likeness (QED) is 0.607. The van der Waals surface area contributed by atoms with E-state index in [1.54, 1.807) is 18.2 Å². The lowest BCUT2D eigenvalue weighted by Gasteiger charge is -1.86. The fraction of sp³-hybridized carbons (Fsp3) is 0. The SMILES string of the molecule is Brc1ccccc1.Clc1cccc(Cl)c1. The molecule has 0 N–H and O–H groups in total. The van der Waals surface area contributed by atoms with Crippen LogP contribution in [0.25, 0.3) is 0 Å². The van der Waals surface area contributed by atoms with Crippen LogP contribution in [0.4, 0.5) is 0 Å². The molecule has 0 aliphatic rings. The highest BCUT2D eigenvalue weighted by atomic mass is 79.9. The summed E-state index contributed by atoms with van der Waals surface area (Å²) in [6.07, 6.45) is 0. The lowest BCUT2D eigenvalue weighted by Crippen LogP contribution is -1.61. The monoisotopic (exact) mass is 302 g/mol. The Morgan fingerprint density at radius 1 is 0.733 bits per heavy atom. The zero-order chi connectivity index (χ0) is 11.1. The minimum atomic E-state index is 0.678. The number of halogens is 3. The fourth-order valence-corrected chi connectivity index (χ4v) is 1.62. The van der Waals surface area contributed by atoms with Crippen molar-refractivity contribution in [1.29, 1.82) is 0 Å². The zero-order valence-corrected chi connectivity index (χ0v) is 10.9. The highest BCUT2D eigenvalue weighted by Gasteiger charge is 1.85. The third kappa shape index (κ3) is 5.83. The molecular weight excluding hydrogens is 295 g/mol. The van der Waals surface area contributed by atoms with E-state index in [-0.39, 0.29) is 0 Å². The van der Waals surface area contributed by atoms with Crippen LogP contribution in [-0.2, 0) is 0 Å². The molecule has 0 spiro atoms. The maximum absolute atomic E-state index is 5.56. The second kappa shape index (κ2) is 6.89. The van der Waals surface area contributed by atoms with Crippen molar-refractivity contribution in [3.8, 4) is 0 Å². The van der Waals surface area contributed by atoms with Crippen LogP contribution in [0.3, 0.4) is 0 Å². The van der Waals surface area contributed by atoms with E-state index < -0.39 is 0 Å². The van der Waals surface area contributed by atoms with E-state index >= 15 is 0 Å². The summed E-state index contributed by atoms with van der Waals surface area (Å²) in [5, 5.41) is 1.36. The third-order valence-electron chi connectivity index (χ3n) is 1.52. The molecule has 0 aliphatic heterocycles. The Morgan fingerprint density at radius 2 is 1.27 bits per heavy atom. The molecular formula is C12H9BrCl2. The van der Waals surface area contributed by atoms with Gasteiger partial charge in [-0.25, -0.2) is 0 Å². The van der Waals surface area contributed by atoms with Crippen LogP contribution in [0, 0.1) is 0 Å². The zero-order valence-electron chi connectivity index (χ0n) is 7.83. The topological polar surface area (TPSA) is 0 Å². The molecule has 0 saturated carbocycles. The van der Waals surface area contributed by atoms with E-state index in [4.69, 9.17) is 23.2 Å². The van der Waals surface area contributed by atoms with Gasteiger partial charge in [-0.05, 0) is 30.3 Å². The van der Waals surface area contributed by atoms with Gasteiger partial charge in [-0.15, -0.1) is 0 Å². The summed E-state index contributed by atoms with van der Waals surface area (Å²) in [5.41, 5.74) is 0. The van der Waals surface area contributed by atoms with Gasteiger partial charge in [0.15, 0.2) is 0 Å². The molecule has 2 aromatic carbocycles. The van der Waals surface area contributed by atoms with Crippen LogP contribution in [0.5, 0.6) is 0 Å². The van der Waals surface area contributed by atoms with E-state index in [1.165, 1.54) is 0 Å². The molecule has 0 saturated heterocycles. The Morgan fingerprint density at radius 3 is 1.53 bits per heavy atom. The molecule has 0 heterocycles. The van der Waals surface area contributed by atoms with Crippen LogP contribution >= 0.6 is 39.1 Å². The molecule has 0 radical (unpaired) electrons. The number of rotatable bonds is 0. The molecule has 0 nitrogen and oxygen atoms in total. The van der Waals surface area contributed by atoms with E-state index in [2.05, 4.69) is 15.9 Å². The maximum Gasteiger partial charge on any atom is 0.0420 e. The standard InChI is InChI=1S/C6H5Br.C6H4Cl2/c7-6-4-2-1-3-5-6;7-5-2-1-3-6(8)4-5/h1-5H;1-4H. The van der Waals surface area contributed by atoms with Gasteiger partial charge in [0.05, 0.1) is 0 Å². The second-order valence-electron chi connectivity index (χ2n) is 2.74. The van der Waals surface area contributed by atoms with E-state index in [1.807, 2.05) is 36.4 Å². The largest absolute Gasteiger partial charge is 0.0843 e. The summed E-state index contributed by atoms with van der Waals surface area (Å²) < 4.78 is 1.13. The summed E-state index contributed by atoms with van der Waals surface area (Å²) in [6.45, 7) is 0. The van der Waals surface area contributed by atoms with Crippen molar-refractivity contribution < 1.29 is 0 Å². The average molecular weight is 304 g/mol. The number of hydrogen-bond acceptors (Lipinski definition) is 0. The van der Waals surface area contributed by atoms with Gasteiger partial charge in [0.2, 0.25) is 0 Å². The van der Waals surface area contributed by atoms with Gasteiger partial charge >= 0.3 is 0 Å². The Kier molecular flexibility index (Phi) is 5.77. The fourth-order valence-electron chi connectivity index (χ4n) is 0.875. The van der Waals surface area contributed by atoms with E-state index in [0.717, 1.165) is 4.47 Å². The summed E-state index contributed by atoms with van der Waals surface area (Å²) >= 11 is 14.4. The Bertz CT molecular complexity index is 384. The van der Waals surface area contributed by atoms with Gasteiger partial charge in [0.1, 0.15) is 0 Å². The number of hydrogen-bond donors (Lipinski definition) is 0. The first-order valence-corrected chi connectivity index (χ1v) is 5.85. The minimum absolute atomic E-state index is 0.678.